The normalized spacial score (nSPS) is 10.9. The van der Waals surface area contributed by atoms with Gasteiger partial charge in [-0.3, -0.25) is 4.79 Å². The lowest BCUT2D eigenvalue weighted by Crippen LogP contribution is -2.46. The van der Waals surface area contributed by atoms with Crippen molar-refractivity contribution in [3.63, 3.8) is 0 Å². The molecule has 0 aliphatic carbocycles. The fourth-order valence-corrected chi connectivity index (χ4v) is 3.50. The monoisotopic (exact) mass is 432 g/mol. The molecular formula is C23H33ClN4O2. The first-order chi connectivity index (χ1) is 14.2. The van der Waals surface area contributed by atoms with Crippen LogP contribution in [0.15, 0.2) is 42.6 Å². The number of aromatic nitrogens is 1. The summed E-state index contributed by atoms with van der Waals surface area (Å²) >= 11 is 6.33. The lowest BCUT2D eigenvalue weighted by atomic mass is 10.2. The van der Waals surface area contributed by atoms with Gasteiger partial charge in [-0.1, -0.05) is 43.6 Å². The highest BCUT2D eigenvalue weighted by molar-refractivity contribution is 6.31. The topological polar surface area (TPSA) is 48.8 Å². The molecular weight excluding hydrogens is 400 g/mol. The highest BCUT2D eigenvalue weighted by Gasteiger charge is 2.22. The first kappa shape index (κ1) is 23.8. The van der Waals surface area contributed by atoms with Crippen molar-refractivity contribution in [2.24, 2.45) is 5.92 Å². The highest BCUT2D eigenvalue weighted by Crippen LogP contribution is 2.18. The average molecular weight is 433 g/mol. The van der Waals surface area contributed by atoms with E-state index in [9.17, 15) is 9.59 Å². The van der Waals surface area contributed by atoms with Gasteiger partial charge in [0.25, 0.3) is 0 Å². The van der Waals surface area contributed by atoms with Crippen LogP contribution in [0.1, 0.15) is 32.0 Å². The SMILES string of the molecule is CCN(CC(=O)N(Cc1cccn1Cc1ccccc1Cl)CC(C)C)C(=O)N(C)C. The minimum Gasteiger partial charge on any atom is -0.345 e. The molecule has 0 fully saturated rings. The van der Waals surface area contributed by atoms with Crippen LogP contribution in [0.3, 0.4) is 0 Å². The van der Waals surface area contributed by atoms with Gasteiger partial charge in [-0.05, 0) is 36.6 Å². The molecule has 0 aliphatic heterocycles. The van der Waals surface area contributed by atoms with Gasteiger partial charge < -0.3 is 19.3 Å². The number of carbonyl (C=O) groups is 2. The molecule has 0 spiro atoms. The molecule has 0 bridgehead atoms. The Morgan fingerprint density at radius 2 is 1.77 bits per heavy atom. The summed E-state index contributed by atoms with van der Waals surface area (Å²) < 4.78 is 2.12. The maximum absolute atomic E-state index is 13.1. The number of halogens is 1. The Kier molecular flexibility index (Phi) is 8.78. The lowest BCUT2D eigenvalue weighted by molar-refractivity contribution is -0.133. The van der Waals surface area contributed by atoms with Crippen LogP contribution >= 0.6 is 11.6 Å². The van der Waals surface area contributed by atoms with E-state index in [4.69, 9.17) is 11.6 Å². The van der Waals surface area contributed by atoms with Crippen molar-refractivity contribution in [2.75, 3.05) is 33.7 Å². The van der Waals surface area contributed by atoms with Crippen molar-refractivity contribution in [2.45, 2.75) is 33.9 Å². The summed E-state index contributed by atoms with van der Waals surface area (Å²) in [5.41, 5.74) is 2.07. The van der Waals surface area contributed by atoms with Gasteiger partial charge in [0.2, 0.25) is 5.91 Å². The average Bonchev–Trinajstić information content (AvgIpc) is 3.12. The van der Waals surface area contributed by atoms with E-state index in [0.717, 1.165) is 16.3 Å². The Hall–Kier alpha value is -2.47. The molecule has 1 heterocycles. The van der Waals surface area contributed by atoms with Gasteiger partial charge in [-0.25, -0.2) is 4.79 Å². The molecule has 0 saturated heterocycles. The van der Waals surface area contributed by atoms with Gasteiger partial charge in [0.15, 0.2) is 0 Å². The second-order valence-electron chi connectivity index (χ2n) is 8.08. The van der Waals surface area contributed by atoms with Gasteiger partial charge in [0, 0.05) is 50.6 Å². The third-order valence-corrected chi connectivity index (χ3v) is 5.24. The number of urea groups is 1. The van der Waals surface area contributed by atoms with Crippen LogP contribution in [0.4, 0.5) is 4.79 Å². The molecule has 0 saturated carbocycles. The third-order valence-electron chi connectivity index (χ3n) is 4.87. The van der Waals surface area contributed by atoms with Crippen molar-refractivity contribution in [3.05, 3.63) is 58.9 Å². The van der Waals surface area contributed by atoms with Crippen molar-refractivity contribution in [3.8, 4) is 0 Å². The maximum atomic E-state index is 13.1. The molecule has 0 unspecified atom stereocenters. The molecule has 1 aromatic heterocycles. The summed E-state index contributed by atoms with van der Waals surface area (Å²) in [5.74, 6) is 0.270. The van der Waals surface area contributed by atoms with E-state index in [0.29, 0.717) is 32.1 Å². The van der Waals surface area contributed by atoms with E-state index in [-0.39, 0.29) is 18.5 Å². The predicted molar refractivity (Wildman–Crippen MR) is 122 cm³/mol. The van der Waals surface area contributed by atoms with Gasteiger partial charge in [0.1, 0.15) is 6.54 Å². The fourth-order valence-electron chi connectivity index (χ4n) is 3.31. The summed E-state index contributed by atoms with van der Waals surface area (Å²) in [5, 5.41) is 0.730. The maximum Gasteiger partial charge on any atom is 0.319 e. The van der Waals surface area contributed by atoms with E-state index < -0.39 is 0 Å². The minimum atomic E-state index is -0.155. The molecule has 164 valence electrons. The Morgan fingerprint density at radius 3 is 2.37 bits per heavy atom. The van der Waals surface area contributed by atoms with E-state index in [2.05, 4.69) is 18.4 Å². The van der Waals surface area contributed by atoms with Crippen LogP contribution in [0.2, 0.25) is 5.02 Å². The Labute approximate surface area is 185 Å². The van der Waals surface area contributed by atoms with E-state index in [1.54, 1.807) is 19.0 Å². The van der Waals surface area contributed by atoms with Gasteiger partial charge >= 0.3 is 6.03 Å². The van der Waals surface area contributed by atoms with E-state index >= 15 is 0 Å². The number of hydrogen-bond acceptors (Lipinski definition) is 2. The number of nitrogens with zero attached hydrogens (tertiary/aromatic N) is 4. The second-order valence-corrected chi connectivity index (χ2v) is 8.49. The molecule has 0 atom stereocenters. The van der Waals surface area contributed by atoms with Crippen LogP contribution in [0.5, 0.6) is 0 Å². The Morgan fingerprint density at radius 1 is 1.07 bits per heavy atom. The zero-order valence-electron chi connectivity index (χ0n) is 18.6. The van der Waals surface area contributed by atoms with Crippen LogP contribution in [0, 0.1) is 5.92 Å². The number of carbonyl (C=O) groups excluding carboxylic acids is 2. The van der Waals surface area contributed by atoms with Crippen LogP contribution in [-0.4, -0.2) is 64.9 Å². The van der Waals surface area contributed by atoms with Crippen molar-refractivity contribution >= 4 is 23.5 Å². The zero-order chi connectivity index (χ0) is 22.3. The molecule has 6 nitrogen and oxygen atoms in total. The lowest BCUT2D eigenvalue weighted by Gasteiger charge is -2.30. The van der Waals surface area contributed by atoms with Gasteiger partial charge in [0.05, 0.1) is 6.54 Å². The second kappa shape index (κ2) is 11.1. The molecule has 0 aliphatic rings. The largest absolute Gasteiger partial charge is 0.345 e. The Bertz CT molecular complexity index is 847. The number of likely N-dealkylation sites (N-methyl/N-ethyl adjacent to an activating group) is 1. The molecule has 2 aromatic rings. The number of benzene rings is 1. The van der Waals surface area contributed by atoms with Crippen molar-refractivity contribution in [1.82, 2.24) is 19.3 Å². The molecule has 1 aromatic carbocycles. The number of amides is 3. The standard InChI is InChI=1S/C23H33ClN4O2/c1-6-26(23(30)25(4)5)17-22(29)28(14-18(2)3)16-20-11-9-13-27(20)15-19-10-7-8-12-21(19)24/h7-13,18H,6,14-17H2,1-5H3. The van der Waals surface area contributed by atoms with Crippen LogP contribution in [0.25, 0.3) is 0 Å². The number of rotatable bonds is 9. The van der Waals surface area contributed by atoms with Crippen molar-refractivity contribution < 1.29 is 9.59 Å². The summed E-state index contributed by atoms with van der Waals surface area (Å²) in [6, 6.07) is 11.6. The van der Waals surface area contributed by atoms with Crippen molar-refractivity contribution in [1.29, 1.82) is 0 Å². The minimum absolute atomic E-state index is 0.0498. The first-order valence-electron chi connectivity index (χ1n) is 10.3. The Balaban J connectivity index is 2.17. The predicted octanol–water partition coefficient (Wildman–Crippen LogP) is 4.18. The third kappa shape index (κ3) is 6.52. The van der Waals surface area contributed by atoms with Gasteiger partial charge in [-0.15, -0.1) is 0 Å². The summed E-state index contributed by atoms with van der Waals surface area (Å²) in [6.45, 7) is 8.39. The number of hydrogen-bond donors (Lipinski definition) is 0. The molecule has 0 N–H and O–H groups in total. The van der Waals surface area contributed by atoms with E-state index in [1.807, 2.05) is 54.4 Å². The molecule has 7 heteroatoms. The van der Waals surface area contributed by atoms with E-state index in [1.165, 1.54) is 4.90 Å². The summed E-state index contributed by atoms with van der Waals surface area (Å²) in [6.07, 6.45) is 2.00. The zero-order valence-corrected chi connectivity index (χ0v) is 19.4. The van der Waals surface area contributed by atoms with Crippen LogP contribution in [-0.2, 0) is 17.9 Å². The summed E-state index contributed by atoms with van der Waals surface area (Å²) in [7, 11) is 3.39. The smallest absolute Gasteiger partial charge is 0.319 e. The van der Waals surface area contributed by atoms with Gasteiger partial charge in [-0.2, -0.15) is 0 Å². The molecule has 30 heavy (non-hydrogen) atoms. The fraction of sp³-hybridized carbons (Fsp3) is 0.478. The quantitative estimate of drug-likeness (QED) is 0.596. The highest BCUT2D eigenvalue weighted by atomic mass is 35.5. The first-order valence-corrected chi connectivity index (χ1v) is 10.7. The molecule has 3 amide bonds. The van der Waals surface area contributed by atoms with Crippen LogP contribution < -0.4 is 0 Å². The molecule has 2 rings (SSSR count). The molecule has 0 radical (unpaired) electrons. The summed E-state index contributed by atoms with van der Waals surface area (Å²) in [4.78, 5) is 30.3.